The van der Waals surface area contributed by atoms with Gasteiger partial charge in [0, 0.05) is 13.1 Å². The molecule has 1 fully saturated rings. The topological polar surface area (TPSA) is 42.7 Å². The average Bonchev–Trinajstić information content (AvgIpc) is 2.58. The lowest BCUT2D eigenvalue weighted by Crippen LogP contribution is -2.45. The van der Waals surface area contributed by atoms with Crippen LogP contribution in [0.1, 0.15) is 65.7 Å². The average molecular weight is 264 g/mol. The summed E-state index contributed by atoms with van der Waals surface area (Å²) in [5.41, 5.74) is 0.831. The highest BCUT2D eigenvalue weighted by Gasteiger charge is 2.38. The van der Waals surface area contributed by atoms with Crippen LogP contribution in [-0.2, 0) is 7.05 Å². The van der Waals surface area contributed by atoms with Crippen LogP contribution in [0.15, 0.2) is 6.33 Å². The lowest BCUT2D eigenvalue weighted by atomic mass is 9.63. The molecule has 1 atom stereocenters. The summed E-state index contributed by atoms with van der Waals surface area (Å²) in [5, 5.41) is 11.9. The molecule has 0 radical (unpaired) electrons. The van der Waals surface area contributed by atoms with Crippen LogP contribution in [0.25, 0.3) is 0 Å². The van der Waals surface area contributed by atoms with E-state index in [0.29, 0.717) is 16.9 Å². The van der Waals surface area contributed by atoms with Crippen molar-refractivity contribution in [2.24, 2.45) is 17.9 Å². The predicted octanol–water partition coefficient (Wildman–Crippen LogP) is 3.07. The van der Waals surface area contributed by atoms with Gasteiger partial charge >= 0.3 is 0 Å². The van der Waals surface area contributed by atoms with E-state index in [0.717, 1.165) is 5.82 Å². The summed E-state index contributed by atoms with van der Waals surface area (Å²) in [6.07, 6.45) is 5.54. The lowest BCUT2D eigenvalue weighted by molar-refractivity contribution is 0.0805. The Morgan fingerprint density at radius 3 is 2.32 bits per heavy atom. The molecule has 1 aromatic heterocycles. The lowest BCUT2D eigenvalue weighted by Gasteiger charge is -2.45. The van der Waals surface area contributed by atoms with Gasteiger partial charge < -0.3 is 9.88 Å². The molecule has 2 rings (SSSR count). The summed E-state index contributed by atoms with van der Waals surface area (Å²) < 4.78 is 2.00. The number of hydrogen-bond donors (Lipinski definition) is 1. The molecule has 1 heterocycles. The number of aromatic nitrogens is 3. The van der Waals surface area contributed by atoms with Gasteiger partial charge in [-0.2, -0.15) is 0 Å². The van der Waals surface area contributed by atoms with E-state index in [9.17, 15) is 0 Å². The Morgan fingerprint density at radius 2 is 1.84 bits per heavy atom. The highest BCUT2D eigenvalue weighted by Crippen LogP contribution is 2.46. The van der Waals surface area contributed by atoms with Gasteiger partial charge in [0.15, 0.2) is 0 Å². The van der Waals surface area contributed by atoms with E-state index in [1.54, 1.807) is 6.33 Å². The standard InChI is InChI=1S/C15H28N4/c1-11(13-18-16-10-19(13)6)17-12-7-14(2,3)9-15(4,5)8-12/h10-12,17H,7-9H2,1-6H3. The molecular formula is C15H28N4. The van der Waals surface area contributed by atoms with Gasteiger partial charge in [-0.1, -0.05) is 27.7 Å². The van der Waals surface area contributed by atoms with Gasteiger partial charge in [-0.05, 0) is 37.0 Å². The minimum Gasteiger partial charge on any atom is -0.319 e. The molecule has 1 aromatic rings. The fourth-order valence-corrected chi connectivity index (χ4v) is 4.08. The summed E-state index contributed by atoms with van der Waals surface area (Å²) in [6, 6.07) is 0.813. The molecule has 0 spiro atoms. The Bertz CT molecular complexity index is 417. The van der Waals surface area contributed by atoms with Crippen molar-refractivity contribution in [3.8, 4) is 0 Å². The van der Waals surface area contributed by atoms with Crippen molar-refractivity contribution in [1.29, 1.82) is 0 Å². The third-order valence-corrected chi connectivity index (χ3v) is 4.17. The zero-order chi connectivity index (χ0) is 14.3. The molecule has 1 unspecified atom stereocenters. The zero-order valence-corrected chi connectivity index (χ0v) is 13.2. The Kier molecular flexibility index (Phi) is 3.74. The maximum Gasteiger partial charge on any atom is 0.149 e. The van der Waals surface area contributed by atoms with E-state index in [2.05, 4.69) is 50.1 Å². The van der Waals surface area contributed by atoms with E-state index in [1.807, 2.05) is 11.6 Å². The normalized spacial score (nSPS) is 24.3. The van der Waals surface area contributed by atoms with E-state index in [1.165, 1.54) is 19.3 Å². The molecule has 0 bridgehead atoms. The Balaban J connectivity index is 2.05. The van der Waals surface area contributed by atoms with E-state index in [4.69, 9.17) is 0 Å². The Hall–Kier alpha value is -0.900. The monoisotopic (exact) mass is 264 g/mol. The van der Waals surface area contributed by atoms with E-state index >= 15 is 0 Å². The molecule has 0 amide bonds. The van der Waals surface area contributed by atoms with Crippen LogP contribution >= 0.6 is 0 Å². The summed E-state index contributed by atoms with van der Waals surface area (Å²) in [5.74, 6) is 1.01. The molecule has 1 saturated carbocycles. The van der Waals surface area contributed by atoms with Crippen molar-refractivity contribution in [1.82, 2.24) is 20.1 Å². The third kappa shape index (κ3) is 3.56. The number of aryl methyl sites for hydroxylation is 1. The van der Waals surface area contributed by atoms with Gasteiger partial charge in [0.05, 0.1) is 6.04 Å². The van der Waals surface area contributed by atoms with Crippen LogP contribution in [0.4, 0.5) is 0 Å². The third-order valence-electron chi connectivity index (χ3n) is 4.17. The van der Waals surface area contributed by atoms with Gasteiger partial charge in [0.1, 0.15) is 12.2 Å². The molecule has 0 aliphatic heterocycles. The van der Waals surface area contributed by atoms with Gasteiger partial charge in [-0.15, -0.1) is 10.2 Å². The second-order valence-electron chi connectivity index (χ2n) is 7.80. The molecule has 1 aliphatic carbocycles. The molecule has 4 nitrogen and oxygen atoms in total. The summed E-state index contributed by atoms with van der Waals surface area (Å²) in [6.45, 7) is 11.7. The van der Waals surface area contributed by atoms with Gasteiger partial charge in [-0.3, -0.25) is 0 Å². The minimum absolute atomic E-state index is 0.252. The van der Waals surface area contributed by atoms with E-state index in [-0.39, 0.29) is 6.04 Å². The van der Waals surface area contributed by atoms with Crippen molar-refractivity contribution >= 4 is 0 Å². The number of rotatable bonds is 3. The maximum atomic E-state index is 4.20. The summed E-state index contributed by atoms with van der Waals surface area (Å²) in [4.78, 5) is 0. The molecule has 1 aliphatic rings. The van der Waals surface area contributed by atoms with Crippen molar-refractivity contribution in [3.05, 3.63) is 12.2 Å². The Labute approximate surface area is 117 Å². The quantitative estimate of drug-likeness (QED) is 0.912. The van der Waals surface area contributed by atoms with Crippen LogP contribution in [0.3, 0.4) is 0 Å². The van der Waals surface area contributed by atoms with Crippen LogP contribution < -0.4 is 5.32 Å². The largest absolute Gasteiger partial charge is 0.319 e. The molecule has 0 aromatic carbocycles. The fraction of sp³-hybridized carbons (Fsp3) is 0.867. The second kappa shape index (κ2) is 4.89. The summed E-state index contributed by atoms with van der Waals surface area (Å²) >= 11 is 0. The second-order valence-corrected chi connectivity index (χ2v) is 7.80. The number of hydrogen-bond acceptors (Lipinski definition) is 3. The maximum absolute atomic E-state index is 4.20. The van der Waals surface area contributed by atoms with Crippen LogP contribution in [0.5, 0.6) is 0 Å². The fourth-order valence-electron chi connectivity index (χ4n) is 4.08. The first-order valence-electron chi connectivity index (χ1n) is 7.28. The van der Waals surface area contributed by atoms with Crippen molar-refractivity contribution in [2.75, 3.05) is 0 Å². The van der Waals surface area contributed by atoms with Crippen molar-refractivity contribution < 1.29 is 0 Å². The first-order chi connectivity index (χ1) is 8.69. The minimum atomic E-state index is 0.252. The number of nitrogens with one attached hydrogen (secondary N) is 1. The molecular weight excluding hydrogens is 236 g/mol. The van der Waals surface area contributed by atoms with Gasteiger partial charge in [-0.25, -0.2) is 0 Å². The van der Waals surface area contributed by atoms with E-state index < -0.39 is 0 Å². The van der Waals surface area contributed by atoms with Crippen molar-refractivity contribution in [3.63, 3.8) is 0 Å². The predicted molar refractivity (Wildman–Crippen MR) is 77.8 cm³/mol. The van der Waals surface area contributed by atoms with Gasteiger partial charge in [0.25, 0.3) is 0 Å². The highest BCUT2D eigenvalue weighted by atomic mass is 15.3. The first-order valence-corrected chi connectivity index (χ1v) is 7.28. The molecule has 4 heteroatoms. The smallest absolute Gasteiger partial charge is 0.149 e. The Morgan fingerprint density at radius 1 is 1.26 bits per heavy atom. The number of nitrogens with zero attached hydrogens (tertiary/aromatic N) is 3. The highest BCUT2D eigenvalue weighted by molar-refractivity contribution is 4.97. The van der Waals surface area contributed by atoms with Crippen LogP contribution in [0, 0.1) is 10.8 Å². The molecule has 108 valence electrons. The van der Waals surface area contributed by atoms with Crippen LogP contribution in [0.2, 0.25) is 0 Å². The van der Waals surface area contributed by atoms with Crippen LogP contribution in [-0.4, -0.2) is 20.8 Å². The molecule has 1 N–H and O–H groups in total. The summed E-state index contributed by atoms with van der Waals surface area (Å²) in [7, 11) is 2.00. The molecule has 0 saturated heterocycles. The zero-order valence-electron chi connectivity index (χ0n) is 13.2. The van der Waals surface area contributed by atoms with Crippen molar-refractivity contribution in [2.45, 2.75) is 66.0 Å². The molecule has 19 heavy (non-hydrogen) atoms. The van der Waals surface area contributed by atoms with Gasteiger partial charge in [0.2, 0.25) is 0 Å². The SMILES string of the molecule is CC(NC1CC(C)(C)CC(C)(C)C1)c1nncn1C. The first kappa shape index (κ1) is 14.5.